The standard InChI is InChI=1S/C20H21N3O3/c1-14-7-5-6-10-17(14)18(13-24)22-20(25)21-12-16-11-19(26-23-16)15-8-3-2-4-9-15/h2-11,18,24H,12-13H2,1H3,(H2,21,22,25). The minimum Gasteiger partial charge on any atom is -0.394 e. The Morgan fingerprint density at radius 3 is 2.62 bits per heavy atom. The van der Waals surface area contributed by atoms with Crippen molar-refractivity contribution in [2.45, 2.75) is 19.5 Å². The number of carbonyl (C=O) groups is 1. The van der Waals surface area contributed by atoms with E-state index in [4.69, 9.17) is 4.52 Å². The van der Waals surface area contributed by atoms with Crippen molar-refractivity contribution in [3.05, 3.63) is 77.5 Å². The number of urea groups is 1. The molecule has 6 nitrogen and oxygen atoms in total. The average molecular weight is 351 g/mol. The normalized spacial score (nSPS) is 11.8. The van der Waals surface area contributed by atoms with Crippen LogP contribution in [0.1, 0.15) is 22.9 Å². The van der Waals surface area contributed by atoms with Crippen LogP contribution in [-0.2, 0) is 6.54 Å². The quantitative estimate of drug-likeness (QED) is 0.636. The molecule has 0 aliphatic carbocycles. The highest BCUT2D eigenvalue weighted by molar-refractivity contribution is 5.74. The molecule has 2 amide bonds. The SMILES string of the molecule is Cc1ccccc1C(CO)NC(=O)NCc1cc(-c2ccccc2)on1. The number of aliphatic hydroxyl groups is 1. The van der Waals surface area contributed by atoms with E-state index in [0.717, 1.165) is 16.7 Å². The Bertz CT molecular complexity index is 862. The van der Waals surface area contributed by atoms with E-state index in [9.17, 15) is 9.90 Å². The highest BCUT2D eigenvalue weighted by Gasteiger charge is 2.15. The highest BCUT2D eigenvalue weighted by Crippen LogP contribution is 2.20. The molecule has 1 heterocycles. The van der Waals surface area contributed by atoms with E-state index in [1.807, 2.05) is 61.5 Å². The first-order valence-corrected chi connectivity index (χ1v) is 8.39. The van der Waals surface area contributed by atoms with Gasteiger partial charge in [-0.05, 0) is 18.1 Å². The Balaban J connectivity index is 1.57. The summed E-state index contributed by atoms with van der Waals surface area (Å²) in [7, 11) is 0. The molecule has 0 radical (unpaired) electrons. The van der Waals surface area contributed by atoms with Gasteiger partial charge < -0.3 is 20.3 Å². The zero-order valence-corrected chi connectivity index (χ0v) is 14.5. The monoisotopic (exact) mass is 351 g/mol. The van der Waals surface area contributed by atoms with Crippen LogP contribution in [0, 0.1) is 6.92 Å². The third-order valence-electron chi connectivity index (χ3n) is 4.10. The molecule has 26 heavy (non-hydrogen) atoms. The van der Waals surface area contributed by atoms with Crippen LogP contribution in [0.2, 0.25) is 0 Å². The zero-order chi connectivity index (χ0) is 18.4. The number of benzene rings is 2. The van der Waals surface area contributed by atoms with Crippen molar-refractivity contribution in [2.24, 2.45) is 0 Å². The minimum atomic E-state index is -0.464. The molecule has 0 saturated heterocycles. The first-order chi connectivity index (χ1) is 12.7. The molecule has 3 aromatic rings. The Morgan fingerprint density at radius 1 is 1.15 bits per heavy atom. The Morgan fingerprint density at radius 2 is 1.88 bits per heavy atom. The summed E-state index contributed by atoms with van der Waals surface area (Å²) in [5.74, 6) is 0.649. The second-order valence-corrected chi connectivity index (χ2v) is 5.97. The molecule has 3 rings (SSSR count). The topological polar surface area (TPSA) is 87.4 Å². The molecule has 6 heteroatoms. The van der Waals surface area contributed by atoms with Crippen LogP contribution in [-0.4, -0.2) is 22.9 Å². The second kappa shape index (κ2) is 8.31. The van der Waals surface area contributed by atoms with Crippen LogP contribution in [0.25, 0.3) is 11.3 Å². The van der Waals surface area contributed by atoms with Gasteiger partial charge in [-0.2, -0.15) is 0 Å². The molecule has 1 aromatic heterocycles. The molecule has 0 aliphatic rings. The van der Waals surface area contributed by atoms with Gasteiger partial charge in [-0.25, -0.2) is 4.79 Å². The number of aliphatic hydroxyl groups excluding tert-OH is 1. The number of hydrogen-bond donors (Lipinski definition) is 3. The maximum atomic E-state index is 12.2. The first kappa shape index (κ1) is 17.7. The van der Waals surface area contributed by atoms with Crippen LogP contribution in [0.4, 0.5) is 4.79 Å². The summed E-state index contributed by atoms with van der Waals surface area (Å²) in [6.45, 7) is 1.99. The largest absolute Gasteiger partial charge is 0.394 e. The van der Waals surface area contributed by atoms with Gasteiger partial charge in [-0.1, -0.05) is 59.8 Å². The summed E-state index contributed by atoms with van der Waals surface area (Å²) in [6.07, 6.45) is 0. The van der Waals surface area contributed by atoms with E-state index in [1.54, 1.807) is 6.07 Å². The number of nitrogens with one attached hydrogen (secondary N) is 2. The van der Waals surface area contributed by atoms with E-state index in [2.05, 4.69) is 15.8 Å². The van der Waals surface area contributed by atoms with Crippen molar-refractivity contribution >= 4 is 6.03 Å². The summed E-state index contributed by atoms with van der Waals surface area (Å²) >= 11 is 0. The molecular formula is C20H21N3O3. The van der Waals surface area contributed by atoms with E-state index in [-0.39, 0.29) is 19.2 Å². The van der Waals surface area contributed by atoms with Crippen molar-refractivity contribution in [2.75, 3.05) is 6.61 Å². The molecule has 0 fully saturated rings. The fourth-order valence-electron chi connectivity index (χ4n) is 2.71. The zero-order valence-electron chi connectivity index (χ0n) is 14.5. The van der Waals surface area contributed by atoms with E-state index in [0.29, 0.717) is 11.5 Å². The molecule has 3 N–H and O–H groups in total. The average Bonchev–Trinajstić information content (AvgIpc) is 3.15. The predicted molar refractivity (Wildman–Crippen MR) is 98.3 cm³/mol. The number of carbonyl (C=O) groups excluding carboxylic acids is 1. The van der Waals surface area contributed by atoms with Gasteiger partial charge in [0.2, 0.25) is 0 Å². The van der Waals surface area contributed by atoms with Crippen molar-refractivity contribution in [1.82, 2.24) is 15.8 Å². The van der Waals surface area contributed by atoms with Crippen molar-refractivity contribution < 1.29 is 14.4 Å². The lowest BCUT2D eigenvalue weighted by Crippen LogP contribution is -2.39. The number of amides is 2. The molecule has 1 unspecified atom stereocenters. The van der Waals surface area contributed by atoms with Gasteiger partial charge in [0, 0.05) is 11.6 Å². The lowest BCUT2D eigenvalue weighted by Gasteiger charge is -2.18. The van der Waals surface area contributed by atoms with Gasteiger partial charge in [0.25, 0.3) is 0 Å². The summed E-state index contributed by atoms with van der Waals surface area (Å²) in [4.78, 5) is 12.2. The third-order valence-corrected chi connectivity index (χ3v) is 4.10. The van der Waals surface area contributed by atoms with Gasteiger partial charge in [0.1, 0.15) is 5.69 Å². The number of nitrogens with zero attached hydrogens (tertiary/aromatic N) is 1. The molecule has 1 atom stereocenters. The van der Waals surface area contributed by atoms with Gasteiger partial charge >= 0.3 is 6.03 Å². The molecule has 0 aliphatic heterocycles. The van der Waals surface area contributed by atoms with Crippen LogP contribution in [0.3, 0.4) is 0 Å². The van der Waals surface area contributed by atoms with Gasteiger partial charge in [0.15, 0.2) is 5.76 Å². The van der Waals surface area contributed by atoms with Gasteiger partial charge in [-0.15, -0.1) is 0 Å². The lowest BCUT2D eigenvalue weighted by molar-refractivity contribution is 0.216. The smallest absolute Gasteiger partial charge is 0.315 e. The number of aryl methyl sites for hydroxylation is 1. The van der Waals surface area contributed by atoms with Crippen molar-refractivity contribution in [3.63, 3.8) is 0 Å². The van der Waals surface area contributed by atoms with E-state index >= 15 is 0 Å². The lowest BCUT2D eigenvalue weighted by atomic mass is 10.0. The Kier molecular flexibility index (Phi) is 5.66. The number of rotatable bonds is 6. The summed E-state index contributed by atoms with van der Waals surface area (Å²) in [5, 5.41) is 19.1. The summed E-state index contributed by atoms with van der Waals surface area (Å²) in [5.41, 5.74) is 3.44. The molecule has 0 spiro atoms. The molecular weight excluding hydrogens is 330 g/mol. The second-order valence-electron chi connectivity index (χ2n) is 5.97. The van der Waals surface area contributed by atoms with Crippen molar-refractivity contribution in [1.29, 1.82) is 0 Å². The van der Waals surface area contributed by atoms with Crippen LogP contribution in [0.5, 0.6) is 0 Å². The summed E-state index contributed by atoms with van der Waals surface area (Å²) < 4.78 is 5.31. The van der Waals surface area contributed by atoms with E-state index < -0.39 is 6.04 Å². The maximum absolute atomic E-state index is 12.2. The molecule has 134 valence electrons. The predicted octanol–water partition coefficient (Wildman–Crippen LogP) is 3.18. The number of hydrogen-bond acceptors (Lipinski definition) is 4. The molecule has 0 saturated carbocycles. The van der Waals surface area contributed by atoms with E-state index in [1.165, 1.54) is 0 Å². The summed E-state index contributed by atoms with van der Waals surface area (Å²) in [6, 6.07) is 18.2. The minimum absolute atomic E-state index is 0.180. The fourth-order valence-corrected chi connectivity index (χ4v) is 2.71. The van der Waals surface area contributed by atoms with Gasteiger partial charge in [0.05, 0.1) is 19.2 Å². The Labute approximate surface area is 151 Å². The molecule has 0 bridgehead atoms. The Hall–Kier alpha value is -3.12. The fraction of sp³-hybridized carbons (Fsp3) is 0.200. The van der Waals surface area contributed by atoms with Crippen LogP contribution >= 0.6 is 0 Å². The van der Waals surface area contributed by atoms with Crippen LogP contribution in [0.15, 0.2) is 65.2 Å². The number of aromatic nitrogens is 1. The van der Waals surface area contributed by atoms with Crippen LogP contribution < -0.4 is 10.6 Å². The third kappa shape index (κ3) is 4.29. The van der Waals surface area contributed by atoms with Gasteiger partial charge in [-0.3, -0.25) is 0 Å². The highest BCUT2D eigenvalue weighted by atomic mass is 16.5. The maximum Gasteiger partial charge on any atom is 0.315 e. The molecule has 2 aromatic carbocycles. The first-order valence-electron chi connectivity index (χ1n) is 8.39. The van der Waals surface area contributed by atoms with Crippen molar-refractivity contribution in [3.8, 4) is 11.3 Å².